The molecule has 4 heteroatoms. The number of ether oxygens (including phenoxy) is 1. The molecule has 0 saturated carbocycles. The van der Waals surface area contributed by atoms with Gasteiger partial charge in [-0.15, -0.1) is 0 Å². The van der Waals surface area contributed by atoms with Crippen LogP contribution >= 0.6 is 11.6 Å². The fourth-order valence-corrected chi connectivity index (χ4v) is 4.45. The van der Waals surface area contributed by atoms with Crippen LogP contribution < -0.4 is 4.74 Å². The van der Waals surface area contributed by atoms with Crippen molar-refractivity contribution in [3.63, 3.8) is 0 Å². The summed E-state index contributed by atoms with van der Waals surface area (Å²) < 4.78 is 19.4. The summed E-state index contributed by atoms with van der Waals surface area (Å²) in [6, 6.07) is 1.50. The van der Waals surface area contributed by atoms with Crippen molar-refractivity contribution >= 4 is 23.0 Å². The average Bonchev–Trinajstić information content (AvgIpc) is 2.54. The summed E-state index contributed by atoms with van der Waals surface area (Å²) in [6.45, 7) is 2.17. The number of fused-ring (bicyclic) bond motifs is 3. The number of benzene rings is 1. The van der Waals surface area contributed by atoms with Crippen LogP contribution in [-0.4, -0.2) is 12.9 Å². The first-order valence-corrected chi connectivity index (χ1v) is 8.70. The van der Waals surface area contributed by atoms with Gasteiger partial charge >= 0.3 is 0 Å². The van der Waals surface area contributed by atoms with Crippen molar-refractivity contribution in [3.05, 3.63) is 34.1 Å². The van der Waals surface area contributed by atoms with E-state index in [1.54, 1.807) is 6.08 Å². The van der Waals surface area contributed by atoms with Gasteiger partial charge in [0.05, 0.1) is 12.1 Å². The topological polar surface area (TPSA) is 26.3 Å². The van der Waals surface area contributed by atoms with Crippen LogP contribution in [0.4, 0.5) is 4.39 Å². The SMILES string of the molecule is CCCCC12CCC(=O)C=C1c1cc(F)c(OC)c(Cl)c1CC2. The highest BCUT2D eigenvalue weighted by Crippen LogP contribution is 2.55. The summed E-state index contributed by atoms with van der Waals surface area (Å²) in [5, 5.41) is 0.352. The zero-order valence-corrected chi connectivity index (χ0v) is 14.4. The molecule has 0 saturated heterocycles. The first-order chi connectivity index (χ1) is 11.0. The predicted octanol–water partition coefficient (Wildman–Crippen LogP) is 5.36. The Bertz CT molecular complexity index is 680. The van der Waals surface area contributed by atoms with Crippen molar-refractivity contribution in [1.82, 2.24) is 0 Å². The highest BCUT2D eigenvalue weighted by Gasteiger charge is 2.42. The predicted molar refractivity (Wildman–Crippen MR) is 90.5 cm³/mol. The fraction of sp³-hybridized carbons (Fsp3) is 0.526. The monoisotopic (exact) mass is 336 g/mol. The van der Waals surface area contributed by atoms with Crippen LogP contribution in [0.3, 0.4) is 0 Å². The van der Waals surface area contributed by atoms with E-state index in [2.05, 4.69) is 6.92 Å². The second kappa shape index (κ2) is 6.27. The van der Waals surface area contributed by atoms with E-state index in [0.29, 0.717) is 11.4 Å². The maximum atomic E-state index is 14.3. The Kier molecular flexibility index (Phi) is 4.50. The van der Waals surface area contributed by atoms with Gasteiger partial charge in [-0.05, 0) is 59.9 Å². The second-order valence-electron chi connectivity index (χ2n) is 6.64. The lowest BCUT2D eigenvalue weighted by Gasteiger charge is -2.43. The molecule has 1 aromatic carbocycles. The highest BCUT2D eigenvalue weighted by atomic mass is 35.5. The zero-order valence-electron chi connectivity index (χ0n) is 13.7. The third kappa shape index (κ3) is 2.69. The minimum atomic E-state index is -0.457. The van der Waals surface area contributed by atoms with Crippen LogP contribution in [0, 0.1) is 11.2 Å². The summed E-state index contributed by atoms with van der Waals surface area (Å²) in [5.41, 5.74) is 2.72. The number of methoxy groups -OCH3 is 1. The number of carbonyl (C=O) groups excluding carboxylic acids is 1. The van der Waals surface area contributed by atoms with Crippen LogP contribution in [0.1, 0.15) is 56.6 Å². The maximum absolute atomic E-state index is 14.3. The Labute approximate surface area is 141 Å². The number of allylic oxidation sites excluding steroid dienone is 2. The molecule has 1 aromatic rings. The fourth-order valence-electron chi connectivity index (χ4n) is 4.08. The average molecular weight is 337 g/mol. The summed E-state index contributed by atoms with van der Waals surface area (Å²) in [4.78, 5) is 12.0. The number of ketones is 1. The molecule has 124 valence electrons. The quantitative estimate of drug-likeness (QED) is 0.740. The highest BCUT2D eigenvalue weighted by molar-refractivity contribution is 6.33. The normalized spacial score (nSPS) is 23.1. The van der Waals surface area contributed by atoms with Gasteiger partial charge in [-0.2, -0.15) is 0 Å². The van der Waals surface area contributed by atoms with Gasteiger partial charge in [0, 0.05) is 6.42 Å². The molecule has 2 aliphatic rings. The molecular weight excluding hydrogens is 315 g/mol. The largest absolute Gasteiger partial charge is 0.492 e. The van der Waals surface area contributed by atoms with E-state index in [1.807, 2.05) is 0 Å². The van der Waals surface area contributed by atoms with E-state index in [9.17, 15) is 9.18 Å². The van der Waals surface area contributed by atoms with E-state index in [-0.39, 0.29) is 16.9 Å². The van der Waals surface area contributed by atoms with Gasteiger partial charge < -0.3 is 4.74 Å². The van der Waals surface area contributed by atoms with Crippen LogP contribution in [0.15, 0.2) is 12.1 Å². The van der Waals surface area contributed by atoms with E-state index < -0.39 is 5.82 Å². The molecule has 2 aliphatic carbocycles. The molecule has 2 nitrogen and oxygen atoms in total. The number of carbonyl (C=O) groups is 1. The van der Waals surface area contributed by atoms with Crippen molar-refractivity contribution < 1.29 is 13.9 Å². The Morgan fingerprint density at radius 1 is 1.35 bits per heavy atom. The van der Waals surface area contributed by atoms with Gasteiger partial charge in [-0.1, -0.05) is 31.4 Å². The Balaban J connectivity index is 2.16. The molecule has 1 unspecified atom stereocenters. The molecular formula is C19H22ClFO2. The molecule has 0 heterocycles. The Morgan fingerprint density at radius 3 is 2.78 bits per heavy atom. The third-order valence-electron chi connectivity index (χ3n) is 5.36. The summed E-state index contributed by atoms with van der Waals surface area (Å²) in [6.07, 6.45) is 8.25. The second-order valence-corrected chi connectivity index (χ2v) is 7.02. The molecule has 1 atom stereocenters. The summed E-state index contributed by atoms with van der Waals surface area (Å²) in [5.74, 6) is -0.219. The van der Waals surface area contributed by atoms with Crippen molar-refractivity contribution in [2.45, 2.75) is 51.9 Å². The van der Waals surface area contributed by atoms with Gasteiger partial charge in [0.25, 0.3) is 0 Å². The molecule has 0 fully saturated rings. The number of hydrogen-bond donors (Lipinski definition) is 0. The maximum Gasteiger partial charge on any atom is 0.173 e. The summed E-state index contributed by atoms with van der Waals surface area (Å²) >= 11 is 6.37. The molecule has 0 amide bonds. The molecule has 0 spiro atoms. The number of halogens is 2. The van der Waals surface area contributed by atoms with Crippen LogP contribution in [0.2, 0.25) is 5.02 Å². The lowest BCUT2D eigenvalue weighted by atomic mass is 9.61. The van der Waals surface area contributed by atoms with Crippen molar-refractivity contribution in [3.8, 4) is 5.75 Å². The molecule has 0 aromatic heterocycles. The Hall–Kier alpha value is -1.35. The molecule has 0 aliphatic heterocycles. The first kappa shape index (κ1) is 16.5. The minimum absolute atomic E-state index is 0.00127. The smallest absolute Gasteiger partial charge is 0.173 e. The number of unbranched alkanes of at least 4 members (excludes halogenated alkanes) is 1. The molecule has 0 bridgehead atoms. The molecule has 0 N–H and O–H groups in total. The molecule has 23 heavy (non-hydrogen) atoms. The third-order valence-corrected chi connectivity index (χ3v) is 5.76. The first-order valence-electron chi connectivity index (χ1n) is 8.32. The van der Waals surface area contributed by atoms with E-state index in [4.69, 9.17) is 16.3 Å². The van der Waals surface area contributed by atoms with Gasteiger partial charge in [0.15, 0.2) is 17.3 Å². The summed E-state index contributed by atoms with van der Waals surface area (Å²) in [7, 11) is 1.43. The van der Waals surface area contributed by atoms with E-state index in [0.717, 1.165) is 55.2 Å². The van der Waals surface area contributed by atoms with Gasteiger partial charge in [0.2, 0.25) is 0 Å². The van der Waals surface area contributed by atoms with Crippen LogP contribution in [0.25, 0.3) is 5.57 Å². The van der Waals surface area contributed by atoms with Crippen LogP contribution in [0.5, 0.6) is 5.75 Å². The number of hydrogen-bond acceptors (Lipinski definition) is 2. The van der Waals surface area contributed by atoms with Gasteiger partial charge in [-0.25, -0.2) is 4.39 Å². The van der Waals surface area contributed by atoms with Gasteiger partial charge in [-0.3, -0.25) is 4.79 Å². The number of rotatable bonds is 4. The van der Waals surface area contributed by atoms with Crippen molar-refractivity contribution in [2.24, 2.45) is 5.41 Å². The van der Waals surface area contributed by atoms with Crippen LogP contribution in [-0.2, 0) is 11.2 Å². The van der Waals surface area contributed by atoms with E-state index >= 15 is 0 Å². The minimum Gasteiger partial charge on any atom is -0.492 e. The van der Waals surface area contributed by atoms with Crippen molar-refractivity contribution in [2.75, 3.05) is 7.11 Å². The Morgan fingerprint density at radius 2 is 2.09 bits per heavy atom. The standard InChI is InChI=1S/C19H22ClFO2/c1-3-4-7-19-8-5-12(22)10-15(19)14-11-16(21)18(23-2)17(20)13(14)6-9-19/h10-11H,3-9H2,1-2H3. The zero-order chi connectivity index (χ0) is 16.6. The molecule has 0 radical (unpaired) electrons. The van der Waals surface area contributed by atoms with Gasteiger partial charge in [0.1, 0.15) is 0 Å². The molecule has 3 rings (SSSR count). The lowest BCUT2D eigenvalue weighted by Crippen LogP contribution is -2.32. The van der Waals surface area contributed by atoms with E-state index in [1.165, 1.54) is 13.2 Å². The van der Waals surface area contributed by atoms with Crippen molar-refractivity contribution in [1.29, 1.82) is 0 Å². The lowest BCUT2D eigenvalue weighted by molar-refractivity contribution is -0.115.